The zero-order chi connectivity index (χ0) is 21.0. The smallest absolute Gasteiger partial charge is 0.274 e. The normalized spacial score (nSPS) is 17.1. The minimum absolute atomic E-state index is 0.0591. The second kappa shape index (κ2) is 8.76. The average molecular weight is 394 g/mol. The highest BCUT2D eigenvalue weighted by Crippen LogP contribution is 2.24. The number of pyridine rings is 1. The highest BCUT2D eigenvalue weighted by molar-refractivity contribution is 6.03. The molecule has 5 nitrogen and oxygen atoms in total. The van der Waals surface area contributed by atoms with E-state index in [-0.39, 0.29) is 29.0 Å². The Morgan fingerprint density at radius 3 is 2.41 bits per heavy atom. The monoisotopic (exact) mass is 393 g/mol. The van der Waals surface area contributed by atoms with Gasteiger partial charge in [0, 0.05) is 18.3 Å². The maximum atomic E-state index is 13.0. The number of amides is 2. The number of benzene rings is 1. The minimum Gasteiger partial charge on any atom is -0.334 e. The van der Waals surface area contributed by atoms with Gasteiger partial charge >= 0.3 is 0 Å². The van der Waals surface area contributed by atoms with E-state index in [1.807, 2.05) is 29.2 Å². The van der Waals surface area contributed by atoms with Gasteiger partial charge in [0.2, 0.25) is 0 Å². The number of carbonyl (C=O) groups is 2. The van der Waals surface area contributed by atoms with Crippen molar-refractivity contribution in [3.05, 3.63) is 59.4 Å². The number of nitrogens with zero attached hydrogens (tertiary/aromatic N) is 2. The van der Waals surface area contributed by atoms with Crippen LogP contribution in [0.15, 0.2) is 42.5 Å². The summed E-state index contributed by atoms with van der Waals surface area (Å²) >= 11 is 0. The fourth-order valence-electron chi connectivity index (χ4n) is 3.77. The summed E-state index contributed by atoms with van der Waals surface area (Å²) in [7, 11) is 0. The Bertz CT molecular complexity index is 868. The summed E-state index contributed by atoms with van der Waals surface area (Å²) in [5.41, 5.74) is 2.56. The quantitative estimate of drug-likeness (QED) is 0.792. The summed E-state index contributed by atoms with van der Waals surface area (Å²) in [4.78, 5) is 31.9. The van der Waals surface area contributed by atoms with Crippen LogP contribution in [0.2, 0.25) is 0 Å². The van der Waals surface area contributed by atoms with Crippen LogP contribution < -0.4 is 5.32 Å². The molecule has 1 unspecified atom stereocenters. The first-order valence-electron chi connectivity index (χ1n) is 10.5. The Morgan fingerprint density at radius 2 is 1.76 bits per heavy atom. The molecule has 0 aliphatic carbocycles. The second-order valence-electron chi connectivity index (χ2n) is 8.75. The highest BCUT2D eigenvalue weighted by Gasteiger charge is 2.27. The summed E-state index contributed by atoms with van der Waals surface area (Å²) in [6, 6.07) is 13.1. The van der Waals surface area contributed by atoms with Gasteiger partial charge in [-0.3, -0.25) is 9.59 Å². The van der Waals surface area contributed by atoms with Crippen molar-refractivity contribution < 1.29 is 9.59 Å². The number of anilines is 1. The molecule has 29 heavy (non-hydrogen) atoms. The van der Waals surface area contributed by atoms with E-state index in [0.717, 1.165) is 32.2 Å². The van der Waals surface area contributed by atoms with Crippen LogP contribution in [-0.4, -0.2) is 34.3 Å². The zero-order valence-corrected chi connectivity index (χ0v) is 17.9. The summed E-state index contributed by atoms with van der Waals surface area (Å²) in [6.07, 6.45) is 4.16. The van der Waals surface area contributed by atoms with Crippen LogP contribution in [0, 0.1) is 0 Å². The number of aromatic nitrogens is 1. The predicted octanol–water partition coefficient (Wildman–Crippen LogP) is 5.04. The number of likely N-dealkylation sites (tertiary alicyclic amines) is 1. The predicted molar refractivity (Wildman–Crippen MR) is 116 cm³/mol. The first kappa shape index (κ1) is 21.0. The lowest BCUT2D eigenvalue weighted by atomic mass is 9.87. The number of hydrogen-bond donors (Lipinski definition) is 1. The van der Waals surface area contributed by atoms with E-state index < -0.39 is 0 Å². The van der Waals surface area contributed by atoms with Gasteiger partial charge in [-0.25, -0.2) is 4.98 Å². The first-order chi connectivity index (χ1) is 13.8. The lowest BCUT2D eigenvalue weighted by molar-refractivity contribution is 0.0602. The second-order valence-corrected chi connectivity index (χ2v) is 8.75. The van der Waals surface area contributed by atoms with Crippen molar-refractivity contribution in [1.29, 1.82) is 0 Å². The van der Waals surface area contributed by atoms with Gasteiger partial charge in [-0.15, -0.1) is 0 Å². The minimum atomic E-state index is -0.311. The van der Waals surface area contributed by atoms with Crippen LogP contribution in [0.1, 0.15) is 79.9 Å². The molecule has 2 amide bonds. The topological polar surface area (TPSA) is 62.3 Å². The summed E-state index contributed by atoms with van der Waals surface area (Å²) in [5, 5.41) is 2.88. The van der Waals surface area contributed by atoms with Crippen molar-refractivity contribution in [3.63, 3.8) is 0 Å². The summed E-state index contributed by atoms with van der Waals surface area (Å²) < 4.78 is 0. The molecule has 1 atom stereocenters. The Balaban J connectivity index is 1.73. The molecule has 1 aliphatic rings. The van der Waals surface area contributed by atoms with Crippen molar-refractivity contribution in [2.24, 2.45) is 0 Å². The fourth-order valence-corrected chi connectivity index (χ4v) is 3.77. The third-order valence-corrected chi connectivity index (χ3v) is 5.57. The van der Waals surface area contributed by atoms with Gasteiger partial charge in [0.25, 0.3) is 11.8 Å². The summed E-state index contributed by atoms with van der Waals surface area (Å²) in [6.45, 7) is 9.32. The van der Waals surface area contributed by atoms with Crippen molar-refractivity contribution in [2.75, 3.05) is 11.9 Å². The third-order valence-electron chi connectivity index (χ3n) is 5.57. The van der Waals surface area contributed by atoms with Crippen LogP contribution in [0.4, 0.5) is 5.69 Å². The lowest BCUT2D eigenvalue weighted by Gasteiger charge is -2.35. The standard InChI is InChI=1S/C24H31N3O2/c1-5-19-9-6-7-16-27(19)23(29)21-11-8-10-20(26-21)22(28)25-18-14-12-17(13-15-18)24(2,3)4/h8,10-15,19H,5-7,9,16H2,1-4H3,(H,25,28). The van der Waals surface area contributed by atoms with Gasteiger partial charge in [0.1, 0.15) is 11.4 Å². The number of rotatable bonds is 4. The van der Waals surface area contributed by atoms with E-state index in [0.29, 0.717) is 11.4 Å². The van der Waals surface area contributed by atoms with Crippen molar-refractivity contribution in [2.45, 2.75) is 64.8 Å². The molecule has 0 radical (unpaired) electrons. The molecule has 2 heterocycles. The third kappa shape index (κ3) is 5.03. The van der Waals surface area contributed by atoms with E-state index >= 15 is 0 Å². The zero-order valence-electron chi connectivity index (χ0n) is 17.9. The van der Waals surface area contributed by atoms with Crippen LogP contribution in [0.3, 0.4) is 0 Å². The van der Waals surface area contributed by atoms with E-state index in [4.69, 9.17) is 0 Å². The fraction of sp³-hybridized carbons (Fsp3) is 0.458. The van der Waals surface area contributed by atoms with Crippen LogP contribution in [-0.2, 0) is 5.41 Å². The lowest BCUT2D eigenvalue weighted by Crippen LogP contribution is -2.43. The molecular weight excluding hydrogens is 362 g/mol. The molecule has 1 fully saturated rings. The Hall–Kier alpha value is -2.69. The van der Waals surface area contributed by atoms with Gasteiger partial charge in [-0.05, 0) is 60.9 Å². The van der Waals surface area contributed by atoms with Gasteiger partial charge in [0.05, 0.1) is 0 Å². The molecule has 154 valence electrons. The highest BCUT2D eigenvalue weighted by atomic mass is 16.2. The molecule has 0 bridgehead atoms. The number of carbonyl (C=O) groups excluding carboxylic acids is 2. The average Bonchev–Trinajstić information content (AvgIpc) is 2.73. The molecule has 1 aromatic heterocycles. The SMILES string of the molecule is CCC1CCCCN1C(=O)c1cccc(C(=O)Nc2ccc(C(C)(C)C)cc2)n1. The first-order valence-corrected chi connectivity index (χ1v) is 10.5. The van der Waals surface area contributed by atoms with E-state index in [1.165, 1.54) is 5.56 Å². The molecule has 1 N–H and O–H groups in total. The molecule has 1 aliphatic heterocycles. The Labute approximate surface area is 173 Å². The van der Waals surface area contributed by atoms with E-state index in [9.17, 15) is 9.59 Å². The molecule has 1 saturated heterocycles. The number of hydrogen-bond acceptors (Lipinski definition) is 3. The maximum absolute atomic E-state index is 13.0. The van der Waals surface area contributed by atoms with E-state index in [1.54, 1.807) is 18.2 Å². The van der Waals surface area contributed by atoms with E-state index in [2.05, 4.69) is 38.0 Å². The number of nitrogens with one attached hydrogen (secondary N) is 1. The Kier molecular flexibility index (Phi) is 6.36. The van der Waals surface area contributed by atoms with Gasteiger partial charge in [-0.1, -0.05) is 45.9 Å². The maximum Gasteiger partial charge on any atom is 0.274 e. The largest absolute Gasteiger partial charge is 0.334 e. The van der Waals surface area contributed by atoms with Crippen molar-refractivity contribution >= 4 is 17.5 Å². The molecule has 0 spiro atoms. The number of piperidine rings is 1. The molecule has 0 saturated carbocycles. The van der Waals surface area contributed by atoms with Crippen molar-refractivity contribution in [3.8, 4) is 0 Å². The molecule has 2 aromatic rings. The van der Waals surface area contributed by atoms with Crippen LogP contribution >= 0.6 is 0 Å². The van der Waals surface area contributed by atoms with Gasteiger partial charge in [-0.2, -0.15) is 0 Å². The van der Waals surface area contributed by atoms with Gasteiger partial charge in [0.15, 0.2) is 0 Å². The summed E-state index contributed by atoms with van der Waals surface area (Å²) in [5.74, 6) is -0.394. The van der Waals surface area contributed by atoms with Crippen molar-refractivity contribution in [1.82, 2.24) is 9.88 Å². The molecule has 3 rings (SSSR count). The Morgan fingerprint density at radius 1 is 1.07 bits per heavy atom. The molecular formula is C24H31N3O2. The van der Waals surface area contributed by atoms with Crippen LogP contribution in [0.5, 0.6) is 0 Å². The van der Waals surface area contributed by atoms with Gasteiger partial charge < -0.3 is 10.2 Å². The molecule has 1 aromatic carbocycles. The molecule has 5 heteroatoms. The van der Waals surface area contributed by atoms with Crippen LogP contribution in [0.25, 0.3) is 0 Å².